The zero-order valence-electron chi connectivity index (χ0n) is 23.8. The molecule has 0 fully saturated rings. The quantitative estimate of drug-likeness (QED) is 0.171. The molecule has 2 N–H and O–H groups in total. The van der Waals surface area contributed by atoms with Crippen molar-refractivity contribution in [3.63, 3.8) is 0 Å². The minimum Gasteiger partial charge on any atom is -0.383 e. The van der Waals surface area contributed by atoms with Crippen LogP contribution in [-0.4, -0.2) is 31.4 Å². The predicted molar refractivity (Wildman–Crippen MR) is 160 cm³/mol. The maximum Gasteiger partial charge on any atom is 0.251 e. The largest absolute Gasteiger partial charge is 0.383 e. The summed E-state index contributed by atoms with van der Waals surface area (Å²) in [4.78, 5) is 17.1. The molecule has 6 heteroatoms. The van der Waals surface area contributed by atoms with Gasteiger partial charge in [-0.1, -0.05) is 75.2 Å². The number of carbonyl (C=O) groups is 1. The Kier molecular flexibility index (Phi) is 15.0. The third-order valence-corrected chi connectivity index (χ3v) is 5.88. The molecule has 5 nitrogen and oxygen atoms in total. The number of ether oxygens (including phenoxy) is 1. The molecule has 200 valence electrons. The molecule has 37 heavy (non-hydrogen) atoms. The summed E-state index contributed by atoms with van der Waals surface area (Å²) in [6.45, 7) is 16.4. The van der Waals surface area contributed by atoms with Crippen molar-refractivity contribution < 1.29 is 9.53 Å². The van der Waals surface area contributed by atoms with Crippen molar-refractivity contribution in [3.05, 3.63) is 89.0 Å². The SMILES string of the molecule is CC.CC.COCC(C)NC(=O)c1cc(/C(C)=N/NSc2ccc(C)cc2)cc(-c2ccc(C)cc2)c1. The number of amides is 1. The van der Waals surface area contributed by atoms with Crippen LogP contribution in [0.25, 0.3) is 11.1 Å². The van der Waals surface area contributed by atoms with E-state index in [2.05, 4.69) is 83.7 Å². The maximum atomic E-state index is 12.9. The molecule has 1 atom stereocenters. The molecule has 0 heterocycles. The summed E-state index contributed by atoms with van der Waals surface area (Å²) >= 11 is 1.45. The van der Waals surface area contributed by atoms with Crippen LogP contribution in [0.3, 0.4) is 0 Å². The first-order valence-electron chi connectivity index (χ1n) is 12.9. The Balaban J connectivity index is 0.00000163. The van der Waals surface area contributed by atoms with E-state index in [1.54, 1.807) is 7.11 Å². The highest BCUT2D eigenvalue weighted by atomic mass is 32.2. The van der Waals surface area contributed by atoms with Crippen molar-refractivity contribution in [1.29, 1.82) is 0 Å². The number of hydrazone groups is 1. The predicted octanol–water partition coefficient (Wildman–Crippen LogP) is 7.81. The Hall–Kier alpha value is -3.09. The van der Waals surface area contributed by atoms with Gasteiger partial charge in [-0.25, -0.2) is 4.83 Å². The lowest BCUT2D eigenvalue weighted by molar-refractivity contribution is 0.0905. The second kappa shape index (κ2) is 17.4. The van der Waals surface area contributed by atoms with Gasteiger partial charge in [0.15, 0.2) is 0 Å². The van der Waals surface area contributed by atoms with Crippen LogP contribution in [0.4, 0.5) is 0 Å². The van der Waals surface area contributed by atoms with Gasteiger partial charge in [0.2, 0.25) is 0 Å². The normalized spacial score (nSPS) is 11.3. The zero-order chi connectivity index (χ0) is 27.8. The van der Waals surface area contributed by atoms with E-state index in [0.29, 0.717) is 12.2 Å². The minimum absolute atomic E-state index is 0.0867. The van der Waals surface area contributed by atoms with Crippen LogP contribution >= 0.6 is 11.9 Å². The lowest BCUT2D eigenvalue weighted by atomic mass is 9.97. The monoisotopic (exact) mass is 521 g/mol. The average molecular weight is 522 g/mol. The first kappa shape index (κ1) is 31.9. The summed E-state index contributed by atoms with van der Waals surface area (Å²) in [5, 5.41) is 7.53. The van der Waals surface area contributed by atoms with E-state index < -0.39 is 0 Å². The van der Waals surface area contributed by atoms with E-state index in [4.69, 9.17) is 4.74 Å². The van der Waals surface area contributed by atoms with Crippen molar-refractivity contribution in [1.82, 2.24) is 10.1 Å². The Labute approximate surface area is 228 Å². The van der Waals surface area contributed by atoms with Gasteiger partial charge < -0.3 is 10.1 Å². The van der Waals surface area contributed by atoms with Crippen molar-refractivity contribution >= 4 is 23.6 Å². The number of methoxy groups -OCH3 is 1. The summed E-state index contributed by atoms with van der Waals surface area (Å²) < 4.78 is 5.15. The molecule has 0 spiro atoms. The molecule has 3 aromatic rings. The number of nitrogens with one attached hydrogen (secondary N) is 2. The highest BCUT2D eigenvalue weighted by Crippen LogP contribution is 2.24. The highest BCUT2D eigenvalue weighted by Gasteiger charge is 2.14. The number of hydrogen-bond acceptors (Lipinski definition) is 5. The second-order valence-corrected chi connectivity index (χ2v) is 9.06. The second-order valence-electron chi connectivity index (χ2n) is 8.20. The molecule has 0 aromatic heterocycles. The molecule has 3 rings (SSSR count). The fraction of sp³-hybridized carbons (Fsp3) is 0.355. The van der Waals surface area contributed by atoms with Gasteiger partial charge in [0.1, 0.15) is 0 Å². The fourth-order valence-corrected chi connectivity index (χ4v) is 3.85. The van der Waals surface area contributed by atoms with E-state index in [9.17, 15) is 4.79 Å². The Morgan fingerprint density at radius 2 is 1.41 bits per heavy atom. The summed E-state index contributed by atoms with van der Waals surface area (Å²) in [7, 11) is 1.63. The van der Waals surface area contributed by atoms with E-state index in [1.165, 1.54) is 23.1 Å². The van der Waals surface area contributed by atoms with Gasteiger partial charge in [0.25, 0.3) is 5.91 Å². The van der Waals surface area contributed by atoms with E-state index in [-0.39, 0.29) is 11.9 Å². The van der Waals surface area contributed by atoms with E-state index >= 15 is 0 Å². The molecular formula is C31H43N3O2S. The first-order valence-corrected chi connectivity index (χ1v) is 13.7. The summed E-state index contributed by atoms with van der Waals surface area (Å²) in [6.07, 6.45) is 0. The van der Waals surface area contributed by atoms with Gasteiger partial charge in [0, 0.05) is 35.6 Å². The van der Waals surface area contributed by atoms with Gasteiger partial charge >= 0.3 is 0 Å². The number of carbonyl (C=O) groups excluding carboxylic acids is 1. The lowest BCUT2D eigenvalue weighted by Gasteiger charge is -2.15. The van der Waals surface area contributed by atoms with Crippen LogP contribution in [0, 0.1) is 13.8 Å². The van der Waals surface area contributed by atoms with Gasteiger partial charge in [0.05, 0.1) is 12.3 Å². The van der Waals surface area contributed by atoms with Crippen LogP contribution in [-0.2, 0) is 4.74 Å². The van der Waals surface area contributed by atoms with Gasteiger partial charge in [-0.3, -0.25) is 4.79 Å². The smallest absolute Gasteiger partial charge is 0.251 e. The first-order chi connectivity index (χ1) is 17.9. The molecule has 0 saturated heterocycles. The van der Waals surface area contributed by atoms with Crippen LogP contribution in [0.5, 0.6) is 0 Å². The standard InChI is InChI=1S/C27H31N3O2S.2C2H6/c1-18-6-10-22(11-7-18)24-14-23(15-25(16-24)27(31)28-20(3)17-32-5)21(4)29-30-33-26-12-8-19(2)9-13-26;2*1-2/h6-16,20,30H,17H2,1-5H3,(H,28,31);2*1-2H3/b29-21+;;. The molecule has 1 amide bonds. The molecule has 0 aliphatic rings. The van der Waals surface area contributed by atoms with Crippen molar-refractivity contribution in [2.45, 2.75) is 66.3 Å². The van der Waals surface area contributed by atoms with Crippen LogP contribution < -0.4 is 10.1 Å². The van der Waals surface area contributed by atoms with Crippen molar-refractivity contribution in [2.24, 2.45) is 5.10 Å². The summed E-state index contributed by atoms with van der Waals surface area (Å²) in [5.41, 5.74) is 6.70. The lowest BCUT2D eigenvalue weighted by Crippen LogP contribution is -2.35. The van der Waals surface area contributed by atoms with Crippen molar-refractivity contribution in [2.75, 3.05) is 13.7 Å². The van der Waals surface area contributed by atoms with Crippen LogP contribution in [0.15, 0.2) is 76.7 Å². The molecule has 0 aliphatic carbocycles. The molecule has 0 bridgehead atoms. The summed E-state index contributed by atoms with van der Waals surface area (Å²) in [5.74, 6) is -0.135. The molecule has 3 aromatic carbocycles. The van der Waals surface area contributed by atoms with E-state index in [0.717, 1.165) is 27.3 Å². The molecular weight excluding hydrogens is 478 g/mol. The Bertz CT molecular complexity index is 1110. The number of hydrogen-bond donors (Lipinski definition) is 2. The third kappa shape index (κ3) is 10.8. The van der Waals surface area contributed by atoms with Gasteiger partial charge in [-0.05, 0) is 74.7 Å². The van der Waals surface area contributed by atoms with E-state index in [1.807, 2.05) is 53.7 Å². The molecule has 0 radical (unpaired) electrons. The molecule has 0 saturated carbocycles. The number of aryl methyl sites for hydroxylation is 2. The van der Waals surface area contributed by atoms with Gasteiger partial charge in [-0.15, -0.1) is 0 Å². The van der Waals surface area contributed by atoms with Gasteiger partial charge in [-0.2, -0.15) is 5.10 Å². The number of rotatable bonds is 9. The number of benzene rings is 3. The Morgan fingerprint density at radius 1 is 0.865 bits per heavy atom. The topological polar surface area (TPSA) is 62.7 Å². The molecule has 1 unspecified atom stereocenters. The van der Waals surface area contributed by atoms with Crippen LogP contribution in [0.1, 0.15) is 68.6 Å². The molecule has 0 aliphatic heterocycles. The van der Waals surface area contributed by atoms with Crippen LogP contribution in [0.2, 0.25) is 0 Å². The fourth-order valence-electron chi connectivity index (χ4n) is 3.29. The number of nitrogens with zero attached hydrogens (tertiary/aromatic N) is 1. The Morgan fingerprint density at radius 3 is 1.97 bits per heavy atom. The maximum absolute atomic E-state index is 12.9. The third-order valence-electron chi connectivity index (χ3n) is 5.19. The summed E-state index contributed by atoms with van der Waals surface area (Å²) in [6, 6.07) is 22.3. The average Bonchev–Trinajstić information content (AvgIpc) is 2.92. The minimum atomic E-state index is -0.135. The zero-order valence-corrected chi connectivity index (χ0v) is 24.6. The van der Waals surface area contributed by atoms with Crippen molar-refractivity contribution in [3.8, 4) is 11.1 Å². The highest BCUT2D eigenvalue weighted by molar-refractivity contribution is 7.97.